The standard InChI is InChI=1S/C23H21N3O3S/c1-15-6-3-4-9-20(15)22(28)24-17-7-5-8-18(14-17)25-23(30)26-21(27)16-10-12-19(29-2)13-11-16/h3-14H,1-2H3,(H,24,28)(H2,25,26,27,30). The molecule has 0 radical (unpaired) electrons. The molecular formula is C23H21N3O3S. The van der Waals surface area contributed by atoms with E-state index in [9.17, 15) is 9.59 Å². The number of hydrogen-bond donors (Lipinski definition) is 3. The molecule has 3 rings (SSSR count). The fourth-order valence-corrected chi connectivity index (χ4v) is 2.99. The van der Waals surface area contributed by atoms with Crippen molar-refractivity contribution in [2.45, 2.75) is 6.92 Å². The van der Waals surface area contributed by atoms with Crippen LogP contribution in [0.5, 0.6) is 5.75 Å². The third-order valence-electron chi connectivity index (χ3n) is 4.35. The van der Waals surface area contributed by atoms with Crippen molar-refractivity contribution in [3.05, 3.63) is 89.5 Å². The van der Waals surface area contributed by atoms with E-state index in [2.05, 4.69) is 16.0 Å². The number of carbonyl (C=O) groups is 2. The van der Waals surface area contributed by atoms with E-state index < -0.39 is 0 Å². The van der Waals surface area contributed by atoms with Crippen LogP contribution in [0.4, 0.5) is 11.4 Å². The molecule has 0 spiro atoms. The second-order valence-electron chi connectivity index (χ2n) is 6.49. The lowest BCUT2D eigenvalue weighted by atomic mass is 10.1. The topological polar surface area (TPSA) is 79.5 Å². The first-order valence-corrected chi connectivity index (χ1v) is 9.60. The first-order chi connectivity index (χ1) is 14.5. The van der Waals surface area contributed by atoms with Crippen LogP contribution in [0, 0.1) is 6.92 Å². The smallest absolute Gasteiger partial charge is 0.257 e. The summed E-state index contributed by atoms with van der Waals surface area (Å²) in [5, 5.41) is 8.60. The summed E-state index contributed by atoms with van der Waals surface area (Å²) in [4.78, 5) is 24.8. The van der Waals surface area contributed by atoms with E-state index in [-0.39, 0.29) is 16.9 Å². The Balaban J connectivity index is 1.61. The zero-order valence-electron chi connectivity index (χ0n) is 16.6. The van der Waals surface area contributed by atoms with E-state index >= 15 is 0 Å². The molecule has 7 heteroatoms. The number of benzene rings is 3. The molecule has 0 atom stereocenters. The third kappa shape index (κ3) is 5.42. The predicted octanol–water partition coefficient (Wildman–Crippen LogP) is 4.38. The van der Waals surface area contributed by atoms with Crippen LogP contribution in [0.25, 0.3) is 0 Å². The number of aryl methyl sites for hydroxylation is 1. The quantitative estimate of drug-likeness (QED) is 0.535. The molecular weight excluding hydrogens is 398 g/mol. The maximum atomic E-state index is 12.5. The van der Waals surface area contributed by atoms with Gasteiger partial charge in [0.25, 0.3) is 11.8 Å². The second-order valence-corrected chi connectivity index (χ2v) is 6.89. The first kappa shape index (κ1) is 21.0. The Morgan fingerprint density at radius 1 is 0.833 bits per heavy atom. The van der Waals surface area contributed by atoms with Crippen molar-refractivity contribution in [1.29, 1.82) is 0 Å². The molecule has 0 aliphatic carbocycles. The van der Waals surface area contributed by atoms with Gasteiger partial charge in [-0.15, -0.1) is 0 Å². The highest BCUT2D eigenvalue weighted by Crippen LogP contribution is 2.17. The Bertz CT molecular complexity index is 1080. The predicted molar refractivity (Wildman–Crippen MR) is 122 cm³/mol. The molecule has 3 N–H and O–H groups in total. The van der Waals surface area contributed by atoms with Crippen LogP contribution >= 0.6 is 12.2 Å². The summed E-state index contributed by atoms with van der Waals surface area (Å²) in [6, 6.07) is 21.2. The highest BCUT2D eigenvalue weighted by molar-refractivity contribution is 7.80. The van der Waals surface area contributed by atoms with Gasteiger partial charge in [0.15, 0.2) is 5.11 Å². The lowest BCUT2D eigenvalue weighted by Gasteiger charge is -2.12. The normalized spacial score (nSPS) is 10.1. The van der Waals surface area contributed by atoms with Gasteiger partial charge in [-0.3, -0.25) is 14.9 Å². The van der Waals surface area contributed by atoms with Crippen molar-refractivity contribution in [3.8, 4) is 5.75 Å². The summed E-state index contributed by atoms with van der Waals surface area (Å²) >= 11 is 5.23. The van der Waals surface area contributed by atoms with Gasteiger partial charge in [0.05, 0.1) is 7.11 Å². The molecule has 0 heterocycles. The molecule has 3 aromatic rings. The van der Waals surface area contributed by atoms with Gasteiger partial charge >= 0.3 is 0 Å². The molecule has 30 heavy (non-hydrogen) atoms. The minimum absolute atomic E-state index is 0.151. The van der Waals surface area contributed by atoms with Crippen molar-refractivity contribution in [1.82, 2.24) is 5.32 Å². The van der Waals surface area contributed by atoms with Gasteiger partial charge in [0.2, 0.25) is 0 Å². The van der Waals surface area contributed by atoms with Gasteiger partial charge in [-0.1, -0.05) is 24.3 Å². The SMILES string of the molecule is COc1ccc(C(=O)NC(=S)Nc2cccc(NC(=O)c3ccccc3C)c2)cc1. The van der Waals surface area contributed by atoms with Gasteiger partial charge in [0.1, 0.15) is 5.75 Å². The molecule has 0 aliphatic heterocycles. The van der Waals surface area contributed by atoms with E-state index in [0.29, 0.717) is 28.3 Å². The van der Waals surface area contributed by atoms with Crippen LogP contribution in [0.2, 0.25) is 0 Å². The molecule has 0 saturated carbocycles. The average Bonchev–Trinajstić information content (AvgIpc) is 2.74. The van der Waals surface area contributed by atoms with Gasteiger partial charge in [-0.05, 0) is 73.2 Å². The van der Waals surface area contributed by atoms with Crippen molar-refractivity contribution in [2.75, 3.05) is 17.7 Å². The van der Waals surface area contributed by atoms with Crippen LogP contribution in [0.3, 0.4) is 0 Å². The van der Waals surface area contributed by atoms with E-state index in [1.807, 2.05) is 25.1 Å². The van der Waals surface area contributed by atoms with Gasteiger partial charge < -0.3 is 15.4 Å². The summed E-state index contributed by atoms with van der Waals surface area (Å²) < 4.78 is 5.08. The summed E-state index contributed by atoms with van der Waals surface area (Å²) in [5.41, 5.74) is 3.21. The van der Waals surface area contributed by atoms with Gasteiger partial charge in [-0.25, -0.2) is 0 Å². The minimum atomic E-state index is -0.334. The fourth-order valence-electron chi connectivity index (χ4n) is 2.78. The van der Waals surface area contributed by atoms with Crippen molar-refractivity contribution in [2.24, 2.45) is 0 Å². The number of nitrogens with one attached hydrogen (secondary N) is 3. The molecule has 3 aromatic carbocycles. The van der Waals surface area contributed by atoms with Crippen molar-refractivity contribution < 1.29 is 14.3 Å². The molecule has 0 aliphatic rings. The highest BCUT2D eigenvalue weighted by Gasteiger charge is 2.10. The Hall–Kier alpha value is -3.71. The Labute approximate surface area is 180 Å². The van der Waals surface area contributed by atoms with Crippen LogP contribution < -0.4 is 20.7 Å². The average molecular weight is 420 g/mol. The van der Waals surface area contributed by atoms with Crippen LogP contribution in [0.1, 0.15) is 26.3 Å². The first-order valence-electron chi connectivity index (χ1n) is 9.19. The molecule has 2 amide bonds. The van der Waals surface area contributed by atoms with E-state index in [1.165, 1.54) is 0 Å². The fraction of sp³-hybridized carbons (Fsp3) is 0.0870. The molecule has 0 fully saturated rings. The molecule has 0 saturated heterocycles. The lowest BCUT2D eigenvalue weighted by Crippen LogP contribution is -2.34. The second kappa shape index (κ2) is 9.67. The van der Waals surface area contributed by atoms with Crippen molar-refractivity contribution in [3.63, 3.8) is 0 Å². The number of anilines is 2. The maximum Gasteiger partial charge on any atom is 0.257 e. The number of hydrogen-bond acceptors (Lipinski definition) is 4. The highest BCUT2D eigenvalue weighted by atomic mass is 32.1. The molecule has 0 aromatic heterocycles. The number of ether oxygens (including phenoxy) is 1. The summed E-state index contributed by atoms with van der Waals surface area (Å²) in [7, 11) is 1.56. The Kier molecular flexibility index (Phi) is 6.77. The van der Waals surface area contributed by atoms with Crippen molar-refractivity contribution >= 4 is 40.5 Å². The van der Waals surface area contributed by atoms with Crippen LogP contribution in [-0.2, 0) is 0 Å². The summed E-state index contributed by atoms with van der Waals surface area (Å²) in [6.45, 7) is 1.89. The number of thiocarbonyl (C=S) groups is 1. The zero-order valence-corrected chi connectivity index (χ0v) is 17.4. The van der Waals surface area contributed by atoms with E-state index in [0.717, 1.165) is 5.56 Å². The van der Waals surface area contributed by atoms with E-state index in [4.69, 9.17) is 17.0 Å². The zero-order chi connectivity index (χ0) is 21.5. The molecule has 6 nitrogen and oxygen atoms in total. The maximum absolute atomic E-state index is 12.5. The largest absolute Gasteiger partial charge is 0.497 e. The van der Waals surface area contributed by atoms with Gasteiger partial charge in [-0.2, -0.15) is 0 Å². The molecule has 152 valence electrons. The van der Waals surface area contributed by atoms with Crippen LogP contribution in [0.15, 0.2) is 72.8 Å². The minimum Gasteiger partial charge on any atom is -0.497 e. The number of carbonyl (C=O) groups excluding carboxylic acids is 2. The monoisotopic (exact) mass is 419 g/mol. The molecule has 0 unspecified atom stereocenters. The number of amides is 2. The lowest BCUT2D eigenvalue weighted by molar-refractivity contribution is 0.0976. The number of rotatable bonds is 5. The van der Waals surface area contributed by atoms with E-state index in [1.54, 1.807) is 61.7 Å². The number of methoxy groups -OCH3 is 1. The Morgan fingerprint density at radius 3 is 2.17 bits per heavy atom. The molecule has 0 bridgehead atoms. The van der Waals surface area contributed by atoms with Crippen LogP contribution in [-0.4, -0.2) is 24.0 Å². The third-order valence-corrected chi connectivity index (χ3v) is 4.55. The Morgan fingerprint density at radius 2 is 1.50 bits per heavy atom. The summed E-state index contributed by atoms with van der Waals surface area (Å²) in [5.74, 6) is 0.136. The van der Waals surface area contributed by atoms with Gasteiger partial charge in [0, 0.05) is 22.5 Å². The summed E-state index contributed by atoms with van der Waals surface area (Å²) in [6.07, 6.45) is 0.